The Labute approximate surface area is 125 Å². The fourth-order valence-electron chi connectivity index (χ4n) is 2.96. The van der Waals surface area contributed by atoms with Gasteiger partial charge in [-0.15, -0.1) is 15.3 Å². The minimum absolute atomic E-state index is 0.0773. The van der Waals surface area contributed by atoms with Crippen molar-refractivity contribution >= 4 is 11.5 Å². The first-order valence-corrected chi connectivity index (χ1v) is 7.09. The number of fused-ring (bicyclic) bond motifs is 1. The van der Waals surface area contributed by atoms with Crippen LogP contribution in [0.2, 0.25) is 0 Å². The van der Waals surface area contributed by atoms with Crippen LogP contribution in [0, 0.1) is 0 Å². The van der Waals surface area contributed by atoms with Gasteiger partial charge in [0.05, 0.1) is 0 Å². The van der Waals surface area contributed by atoms with E-state index in [9.17, 15) is 13.2 Å². The number of nitrogens with one attached hydrogen (secondary N) is 1. The Bertz CT molecular complexity index is 665. The Balaban J connectivity index is 1.89. The summed E-state index contributed by atoms with van der Waals surface area (Å²) in [5, 5.41) is 13.9. The maximum Gasteiger partial charge on any atom is 0.453 e. The number of aromatic nitrogens is 4. The highest BCUT2D eigenvalue weighted by atomic mass is 19.4. The van der Waals surface area contributed by atoms with E-state index in [1.807, 2.05) is 14.1 Å². The number of alkyl halides is 3. The van der Waals surface area contributed by atoms with Gasteiger partial charge in [-0.1, -0.05) is 0 Å². The zero-order chi connectivity index (χ0) is 15.9. The van der Waals surface area contributed by atoms with E-state index in [1.54, 1.807) is 6.07 Å². The van der Waals surface area contributed by atoms with Crippen LogP contribution in [0.3, 0.4) is 0 Å². The molecule has 0 aromatic carbocycles. The summed E-state index contributed by atoms with van der Waals surface area (Å²) in [4.78, 5) is 2.13. The van der Waals surface area contributed by atoms with E-state index in [4.69, 9.17) is 0 Å². The highest BCUT2D eigenvalue weighted by molar-refractivity contribution is 5.45. The first-order valence-electron chi connectivity index (χ1n) is 7.09. The number of halogens is 3. The monoisotopic (exact) mass is 314 g/mol. The van der Waals surface area contributed by atoms with Crippen molar-refractivity contribution in [2.45, 2.75) is 37.5 Å². The molecule has 2 atom stereocenters. The Morgan fingerprint density at radius 1 is 1.23 bits per heavy atom. The molecule has 0 radical (unpaired) electrons. The van der Waals surface area contributed by atoms with Crippen molar-refractivity contribution in [2.24, 2.45) is 0 Å². The van der Waals surface area contributed by atoms with Gasteiger partial charge >= 0.3 is 6.18 Å². The average molecular weight is 314 g/mol. The Morgan fingerprint density at radius 3 is 2.68 bits per heavy atom. The normalized spacial score (nSPS) is 22.6. The smallest absolute Gasteiger partial charge is 0.364 e. The molecule has 120 valence electrons. The van der Waals surface area contributed by atoms with Crippen molar-refractivity contribution in [3.05, 3.63) is 18.0 Å². The maximum absolute atomic E-state index is 12.9. The SMILES string of the molecule is CN(C)[C@@H]1CCC[C@H]1Nc1ccc2nnc(C(F)(F)F)n2n1. The third kappa shape index (κ3) is 2.72. The lowest BCUT2D eigenvalue weighted by molar-refractivity contribution is -0.146. The van der Waals surface area contributed by atoms with Crippen LogP contribution in [0.1, 0.15) is 25.1 Å². The summed E-state index contributed by atoms with van der Waals surface area (Å²) < 4.78 is 39.3. The van der Waals surface area contributed by atoms with Crippen LogP contribution >= 0.6 is 0 Å². The molecular formula is C13H17F3N6. The Kier molecular flexibility index (Phi) is 3.67. The summed E-state index contributed by atoms with van der Waals surface area (Å²) in [5.41, 5.74) is 0.0773. The molecule has 1 fully saturated rings. The molecule has 0 aliphatic heterocycles. The van der Waals surface area contributed by atoms with E-state index in [0.717, 1.165) is 23.8 Å². The largest absolute Gasteiger partial charge is 0.453 e. The lowest BCUT2D eigenvalue weighted by atomic mass is 10.1. The molecule has 9 heteroatoms. The van der Waals surface area contributed by atoms with Crippen LogP contribution in [-0.4, -0.2) is 50.9 Å². The maximum atomic E-state index is 12.9. The van der Waals surface area contributed by atoms with E-state index in [2.05, 4.69) is 25.5 Å². The molecule has 0 saturated heterocycles. The van der Waals surface area contributed by atoms with Gasteiger partial charge in [0.15, 0.2) is 5.65 Å². The van der Waals surface area contributed by atoms with Crippen molar-refractivity contribution in [1.29, 1.82) is 0 Å². The highest BCUT2D eigenvalue weighted by Crippen LogP contribution is 2.28. The van der Waals surface area contributed by atoms with E-state index in [0.29, 0.717) is 11.9 Å². The van der Waals surface area contributed by atoms with Crippen molar-refractivity contribution in [2.75, 3.05) is 19.4 Å². The fourth-order valence-corrected chi connectivity index (χ4v) is 2.96. The summed E-state index contributed by atoms with van der Waals surface area (Å²) in [6, 6.07) is 3.64. The summed E-state index contributed by atoms with van der Waals surface area (Å²) in [5.74, 6) is -0.710. The second-order valence-corrected chi connectivity index (χ2v) is 5.72. The van der Waals surface area contributed by atoms with Crippen LogP contribution < -0.4 is 5.32 Å². The predicted octanol–water partition coefficient (Wildman–Crippen LogP) is 2.04. The van der Waals surface area contributed by atoms with Gasteiger partial charge in [-0.25, -0.2) is 0 Å². The predicted molar refractivity (Wildman–Crippen MR) is 74.5 cm³/mol. The summed E-state index contributed by atoms with van der Waals surface area (Å²) in [7, 11) is 4.01. The minimum Gasteiger partial charge on any atom is -0.364 e. The molecule has 2 heterocycles. The Hall–Kier alpha value is -1.90. The second kappa shape index (κ2) is 5.38. The van der Waals surface area contributed by atoms with Crippen molar-refractivity contribution in [1.82, 2.24) is 24.7 Å². The van der Waals surface area contributed by atoms with Crippen molar-refractivity contribution < 1.29 is 13.2 Å². The lowest BCUT2D eigenvalue weighted by Gasteiger charge is -2.27. The van der Waals surface area contributed by atoms with Gasteiger partial charge in [-0.2, -0.15) is 17.7 Å². The van der Waals surface area contributed by atoms with Gasteiger partial charge in [-0.3, -0.25) is 0 Å². The standard InChI is InChI=1S/C13H17F3N6/c1-21(2)9-5-3-4-8(9)17-10-6-7-11-18-19-12(13(14,15)16)22(11)20-10/h6-9H,3-5H2,1-2H3,(H,17,20)/t8-,9-/m1/s1. The molecule has 0 spiro atoms. The van der Waals surface area contributed by atoms with E-state index in [1.165, 1.54) is 6.07 Å². The topological polar surface area (TPSA) is 58.3 Å². The summed E-state index contributed by atoms with van der Waals surface area (Å²) in [6.45, 7) is 0. The highest BCUT2D eigenvalue weighted by Gasteiger charge is 2.38. The van der Waals surface area contributed by atoms with Crippen molar-refractivity contribution in [3.63, 3.8) is 0 Å². The van der Waals surface area contributed by atoms with E-state index in [-0.39, 0.29) is 11.7 Å². The first kappa shape index (κ1) is 15.0. The molecule has 0 unspecified atom stereocenters. The van der Waals surface area contributed by atoms with E-state index < -0.39 is 12.0 Å². The molecule has 3 rings (SSSR count). The van der Waals surface area contributed by atoms with Gasteiger partial charge in [0.1, 0.15) is 5.82 Å². The number of anilines is 1. The van der Waals surface area contributed by atoms with Crippen LogP contribution in [0.25, 0.3) is 5.65 Å². The molecule has 2 aromatic heterocycles. The molecule has 0 amide bonds. The number of hydrogen-bond acceptors (Lipinski definition) is 5. The average Bonchev–Trinajstić information content (AvgIpc) is 3.03. The third-order valence-corrected chi connectivity index (χ3v) is 3.99. The molecule has 1 aliphatic rings. The lowest BCUT2D eigenvalue weighted by Crippen LogP contribution is -2.39. The third-order valence-electron chi connectivity index (χ3n) is 3.99. The van der Waals surface area contributed by atoms with Gasteiger partial charge in [-0.05, 0) is 45.5 Å². The van der Waals surface area contributed by atoms with Crippen LogP contribution in [-0.2, 0) is 6.18 Å². The zero-order valence-electron chi connectivity index (χ0n) is 12.3. The molecule has 1 N–H and O–H groups in total. The molecule has 6 nitrogen and oxygen atoms in total. The minimum atomic E-state index is -4.58. The molecule has 0 bridgehead atoms. The van der Waals surface area contributed by atoms with Crippen molar-refractivity contribution in [3.8, 4) is 0 Å². The first-order chi connectivity index (χ1) is 10.4. The second-order valence-electron chi connectivity index (χ2n) is 5.72. The van der Waals surface area contributed by atoms with Gasteiger partial charge < -0.3 is 10.2 Å². The molecule has 1 saturated carbocycles. The van der Waals surface area contributed by atoms with Crippen LogP contribution in [0.5, 0.6) is 0 Å². The summed E-state index contributed by atoms with van der Waals surface area (Å²) >= 11 is 0. The van der Waals surface area contributed by atoms with Gasteiger partial charge in [0.2, 0.25) is 0 Å². The molecule has 2 aromatic rings. The molecule has 22 heavy (non-hydrogen) atoms. The quantitative estimate of drug-likeness (QED) is 0.939. The molecule has 1 aliphatic carbocycles. The number of likely N-dealkylation sites (N-methyl/N-ethyl adjacent to an activating group) is 1. The number of rotatable bonds is 3. The number of nitrogens with zero attached hydrogens (tertiary/aromatic N) is 5. The zero-order valence-corrected chi connectivity index (χ0v) is 12.3. The summed E-state index contributed by atoms with van der Waals surface area (Å²) in [6.07, 6.45) is -1.46. The van der Waals surface area contributed by atoms with Gasteiger partial charge in [0, 0.05) is 12.1 Å². The van der Waals surface area contributed by atoms with Gasteiger partial charge in [0.25, 0.3) is 5.82 Å². The Morgan fingerprint density at radius 2 is 2.00 bits per heavy atom. The van der Waals surface area contributed by atoms with E-state index >= 15 is 0 Å². The number of hydrogen-bond donors (Lipinski definition) is 1. The fraction of sp³-hybridized carbons (Fsp3) is 0.615. The molecular weight excluding hydrogens is 297 g/mol. The van der Waals surface area contributed by atoms with Crippen LogP contribution in [0.4, 0.5) is 19.0 Å². The van der Waals surface area contributed by atoms with Crippen LogP contribution in [0.15, 0.2) is 12.1 Å².